The van der Waals surface area contributed by atoms with E-state index in [2.05, 4.69) is 11.9 Å². The molecule has 1 aromatic rings. The molecular formula is C11H18N2O2. The Balaban J connectivity index is 2.12. The normalized spacial score (nSPS) is 20.4. The first kappa shape index (κ1) is 10.6. The minimum Gasteiger partial charge on any atom is -0.445 e. The lowest BCUT2D eigenvalue weighted by atomic mass is 9.82. The number of aromatic nitrogens is 1. The summed E-state index contributed by atoms with van der Waals surface area (Å²) in [5, 5.41) is 0. The summed E-state index contributed by atoms with van der Waals surface area (Å²) in [6.45, 7) is 4.39. The van der Waals surface area contributed by atoms with E-state index in [4.69, 9.17) is 14.9 Å². The van der Waals surface area contributed by atoms with Gasteiger partial charge in [0.1, 0.15) is 5.76 Å². The van der Waals surface area contributed by atoms with Crippen molar-refractivity contribution in [2.75, 3.05) is 19.8 Å². The maximum Gasteiger partial charge on any atom is 0.200 e. The van der Waals surface area contributed by atoms with E-state index in [0.29, 0.717) is 6.54 Å². The van der Waals surface area contributed by atoms with E-state index in [1.165, 1.54) is 0 Å². The summed E-state index contributed by atoms with van der Waals surface area (Å²) in [6, 6.07) is 0. The molecule has 0 unspecified atom stereocenters. The number of nitrogens with zero attached hydrogens (tertiary/aromatic N) is 1. The fourth-order valence-corrected chi connectivity index (χ4v) is 1.88. The zero-order chi connectivity index (χ0) is 10.7. The third kappa shape index (κ3) is 2.21. The highest BCUT2D eigenvalue weighted by molar-refractivity contribution is 5.07. The summed E-state index contributed by atoms with van der Waals surface area (Å²) in [4.78, 5) is 4.35. The van der Waals surface area contributed by atoms with Crippen molar-refractivity contribution in [1.29, 1.82) is 0 Å². The Labute approximate surface area is 89.8 Å². The second-order valence-corrected chi connectivity index (χ2v) is 4.34. The fourth-order valence-electron chi connectivity index (χ4n) is 1.88. The van der Waals surface area contributed by atoms with Gasteiger partial charge in [0.05, 0.1) is 6.20 Å². The molecule has 1 aliphatic rings. The molecule has 1 fully saturated rings. The summed E-state index contributed by atoms with van der Waals surface area (Å²) in [6.07, 6.45) is 4.52. The Morgan fingerprint density at radius 2 is 2.20 bits per heavy atom. The van der Waals surface area contributed by atoms with Crippen molar-refractivity contribution in [1.82, 2.24) is 4.98 Å². The summed E-state index contributed by atoms with van der Waals surface area (Å²) >= 11 is 0. The van der Waals surface area contributed by atoms with E-state index in [1.807, 2.05) is 0 Å². The SMILES string of the molecule is CC1(c2ncc(CCN)o2)CCOCC1. The van der Waals surface area contributed by atoms with E-state index in [-0.39, 0.29) is 5.41 Å². The number of rotatable bonds is 3. The number of ether oxygens (including phenoxy) is 1. The Morgan fingerprint density at radius 3 is 2.87 bits per heavy atom. The van der Waals surface area contributed by atoms with Gasteiger partial charge in [-0.1, -0.05) is 6.92 Å². The molecule has 84 valence electrons. The van der Waals surface area contributed by atoms with Gasteiger partial charge in [-0.15, -0.1) is 0 Å². The molecule has 0 amide bonds. The van der Waals surface area contributed by atoms with Crippen LogP contribution in [0, 0.1) is 0 Å². The van der Waals surface area contributed by atoms with Crippen molar-refractivity contribution in [3.8, 4) is 0 Å². The number of nitrogens with two attached hydrogens (primary N) is 1. The molecule has 0 aromatic carbocycles. The minimum absolute atomic E-state index is 0.0467. The standard InChI is InChI=1S/C11H18N2O2/c1-11(3-6-14-7-4-11)10-13-8-9(15-10)2-5-12/h8H,2-7,12H2,1H3. The van der Waals surface area contributed by atoms with Gasteiger partial charge >= 0.3 is 0 Å². The second kappa shape index (κ2) is 4.33. The predicted octanol–water partition coefficient (Wildman–Crippen LogP) is 1.24. The van der Waals surface area contributed by atoms with Gasteiger partial charge in [-0.2, -0.15) is 0 Å². The Kier molecular flexibility index (Phi) is 3.07. The number of oxazole rings is 1. The molecule has 15 heavy (non-hydrogen) atoms. The van der Waals surface area contributed by atoms with Gasteiger partial charge in [0, 0.05) is 25.0 Å². The van der Waals surface area contributed by atoms with E-state index in [1.54, 1.807) is 6.20 Å². The maximum absolute atomic E-state index is 5.72. The van der Waals surface area contributed by atoms with E-state index in [9.17, 15) is 0 Å². The third-order valence-corrected chi connectivity index (χ3v) is 3.06. The van der Waals surface area contributed by atoms with Crippen molar-refractivity contribution in [2.45, 2.75) is 31.6 Å². The van der Waals surface area contributed by atoms with Gasteiger partial charge < -0.3 is 14.9 Å². The highest BCUT2D eigenvalue weighted by Crippen LogP contribution is 2.33. The average molecular weight is 210 g/mol. The molecular weight excluding hydrogens is 192 g/mol. The van der Waals surface area contributed by atoms with Gasteiger partial charge in [0.15, 0.2) is 5.89 Å². The van der Waals surface area contributed by atoms with Crippen LogP contribution in [-0.4, -0.2) is 24.7 Å². The number of hydrogen-bond donors (Lipinski definition) is 1. The predicted molar refractivity (Wildman–Crippen MR) is 56.7 cm³/mol. The molecule has 0 aliphatic carbocycles. The van der Waals surface area contributed by atoms with Crippen LogP contribution in [0.4, 0.5) is 0 Å². The fraction of sp³-hybridized carbons (Fsp3) is 0.727. The molecule has 2 N–H and O–H groups in total. The summed E-state index contributed by atoms with van der Waals surface area (Å²) < 4.78 is 11.1. The topological polar surface area (TPSA) is 61.3 Å². The van der Waals surface area contributed by atoms with Crippen LogP contribution < -0.4 is 5.73 Å². The van der Waals surface area contributed by atoms with Crippen LogP contribution >= 0.6 is 0 Å². The smallest absolute Gasteiger partial charge is 0.200 e. The molecule has 1 saturated heterocycles. The molecule has 0 atom stereocenters. The van der Waals surface area contributed by atoms with Gasteiger partial charge in [0.25, 0.3) is 0 Å². The van der Waals surface area contributed by atoms with Gasteiger partial charge in [-0.3, -0.25) is 0 Å². The highest BCUT2D eigenvalue weighted by Gasteiger charge is 2.33. The molecule has 4 nitrogen and oxygen atoms in total. The average Bonchev–Trinajstić information content (AvgIpc) is 2.69. The molecule has 0 spiro atoms. The molecule has 2 rings (SSSR count). The molecule has 1 aromatic heterocycles. The zero-order valence-corrected chi connectivity index (χ0v) is 9.16. The maximum atomic E-state index is 5.72. The highest BCUT2D eigenvalue weighted by atomic mass is 16.5. The van der Waals surface area contributed by atoms with Gasteiger partial charge in [-0.25, -0.2) is 4.98 Å². The second-order valence-electron chi connectivity index (χ2n) is 4.34. The Hall–Kier alpha value is -0.870. The molecule has 2 heterocycles. The van der Waals surface area contributed by atoms with Crippen LogP contribution in [0.3, 0.4) is 0 Å². The quantitative estimate of drug-likeness (QED) is 0.815. The molecule has 0 bridgehead atoms. The number of hydrogen-bond acceptors (Lipinski definition) is 4. The first-order valence-corrected chi connectivity index (χ1v) is 5.47. The van der Waals surface area contributed by atoms with Crippen LogP contribution in [0.5, 0.6) is 0 Å². The van der Waals surface area contributed by atoms with E-state index in [0.717, 1.165) is 44.1 Å². The lowest BCUT2D eigenvalue weighted by Crippen LogP contribution is -2.30. The first-order chi connectivity index (χ1) is 7.24. The van der Waals surface area contributed by atoms with Gasteiger partial charge in [-0.05, 0) is 19.4 Å². The minimum atomic E-state index is 0.0467. The van der Waals surface area contributed by atoms with Crippen molar-refractivity contribution in [2.24, 2.45) is 5.73 Å². The van der Waals surface area contributed by atoms with E-state index >= 15 is 0 Å². The van der Waals surface area contributed by atoms with Crippen LogP contribution in [0.15, 0.2) is 10.6 Å². The summed E-state index contributed by atoms with van der Waals surface area (Å²) in [7, 11) is 0. The van der Waals surface area contributed by atoms with Gasteiger partial charge in [0.2, 0.25) is 0 Å². The Morgan fingerprint density at radius 1 is 1.47 bits per heavy atom. The Bertz CT molecular complexity index is 316. The van der Waals surface area contributed by atoms with Crippen LogP contribution in [0.2, 0.25) is 0 Å². The first-order valence-electron chi connectivity index (χ1n) is 5.47. The third-order valence-electron chi connectivity index (χ3n) is 3.06. The molecule has 4 heteroatoms. The van der Waals surface area contributed by atoms with E-state index < -0.39 is 0 Å². The largest absolute Gasteiger partial charge is 0.445 e. The molecule has 1 aliphatic heterocycles. The van der Waals surface area contributed by atoms with Crippen LogP contribution in [0.1, 0.15) is 31.4 Å². The van der Waals surface area contributed by atoms with Crippen molar-refractivity contribution in [3.63, 3.8) is 0 Å². The lowest BCUT2D eigenvalue weighted by Gasteiger charge is -2.30. The zero-order valence-electron chi connectivity index (χ0n) is 9.16. The summed E-state index contributed by atoms with van der Waals surface area (Å²) in [5.74, 6) is 1.73. The van der Waals surface area contributed by atoms with Crippen LogP contribution in [0.25, 0.3) is 0 Å². The van der Waals surface area contributed by atoms with Crippen molar-refractivity contribution >= 4 is 0 Å². The van der Waals surface area contributed by atoms with Crippen LogP contribution in [-0.2, 0) is 16.6 Å². The molecule has 0 radical (unpaired) electrons. The summed E-state index contributed by atoms with van der Waals surface area (Å²) in [5.41, 5.74) is 5.52. The monoisotopic (exact) mass is 210 g/mol. The molecule has 0 saturated carbocycles. The lowest BCUT2D eigenvalue weighted by molar-refractivity contribution is 0.0466. The van der Waals surface area contributed by atoms with Crippen molar-refractivity contribution < 1.29 is 9.15 Å². The van der Waals surface area contributed by atoms with Crippen molar-refractivity contribution in [3.05, 3.63) is 17.8 Å².